The molecule has 1 unspecified atom stereocenters. The number of ether oxygens (including phenoxy) is 1. The van der Waals surface area contributed by atoms with Gasteiger partial charge in [0.15, 0.2) is 5.25 Å². The Hall–Kier alpha value is -0.800. The number of sulfonamides is 1. The second kappa shape index (κ2) is 5.51. The van der Waals surface area contributed by atoms with Gasteiger partial charge in [0, 0.05) is 0 Å². The molecule has 0 heterocycles. The first-order valence-electron chi connectivity index (χ1n) is 4.21. The molecule has 0 amide bonds. The molecule has 2 N–H and O–H groups in total. The smallest absolute Gasteiger partial charge is 0.325 e. The van der Waals surface area contributed by atoms with Crippen LogP contribution in [-0.2, 0) is 19.6 Å². The maximum absolute atomic E-state index is 12.5. The normalized spacial score (nSPS) is 14.6. The molecule has 0 aromatic heterocycles. The van der Waals surface area contributed by atoms with Gasteiger partial charge in [-0.1, -0.05) is 0 Å². The first kappa shape index (κ1) is 15.2. The Morgan fingerprint density at radius 2 is 2.06 bits per heavy atom. The van der Waals surface area contributed by atoms with Crippen molar-refractivity contribution in [3.8, 4) is 0 Å². The van der Waals surface area contributed by atoms with E-state index in [1.54, 1.807) is 0 Å². The number of carbonyl (C=O) groups is 1. The maximum atomic E-state index is 12.5. The zero-order chi connectivity index (χ0) is 13.0. The topological polar surface area (TPSA) is 92.7 Å². The maximum Gasteiger partial charge on any atom is 0.325 e. The molecule has 0 rings (SSSR count). The van der Waals surface area contributed by atoms with Crippen molar-refractivity contribution in [2.75, 3.05) is 20.3 Å². The summed E-state index contributed by atoms with van der Waals surface area (Å²) in [4.78, 5) is 10.9. The third-order valence-electron chi connectivity index (χ3n) is 1.76. The fourth-order valence-electron chi connectivity index (χ4n) is 0.680. The van der Waals surface area contributed by atoms with Gasteiger partial charge in [-0.15, -0.1) is 0 Å². The first-order valence-corrected chi connectivity index (χ1v) is 5.76. The highest BCUT2D eigenvalue weighted by molar-refractivity contribution is 7.90. The van der Waals surface area contributed by atoms with Crippen molar-refractivity contribution in [2.45, 2.75) is 18.1 Å². The zero-order valence-electron chi connectivity index (χ0n) is 8.74. The standard InChI is InChI=1S/C7H13F2NO5S/c1-5(6(12)15-2)16(13,14)10-3-7(8,9)4-11/h5,10-11H,3-4H2,1-2H3. The Balaban J connectivity index is 4.54. The predicted octanol–water partition coefficient (Wildman–Crippen LogP) is -0.905. The lowest BCUT2D eigenvalue weighted by atomic mass is 10.4. The van der Waals surface area contributed by atoms with Gasteiger partial charge in [0.25, 0.3) is 5.92 Å². The van der Waals surface area contributed by atoms with Crippen LogP contribution in [0.25, 0.3) is 0 Å². The van der Waals surface area contributed by atoms with Gasteiger partial charge >= 0.3 is 5.97 Å². The van der Waals surface area contributed by atoms with E-state index >= 15 is 0 Å². The number of aliphatic hydroxyl groups excluding tert-OH is 1. The van der Waals surface area contributed by atoms with E-state index in [1.807, 2.05) is 0 Å². The average Bonchev–Trinajstić information content (AvgIpc) is 2.24. The number of nitrogens with one attached hydrogen (secondary N) is 1. The fraction of sp³-hybridized carbons (Fsp3) is 0.857. The molecular weight excluding hydrogens is 248 g/mol. The van der Waals surface area contributed by atoms with E-state index in [1.165, 1.54) is 4.72 Å². The third kappa shape index (κ3) is 4.37. The fourth-order valence-corrected chi connectivity index (χ4v) is 1.69. The summed E-state index contributed by atoms with van der Waals surface area (Å²) in [5.41, 5.74) is 0. The Kier molecular flexibility index (Phi) is 5.23. The summed E-state index contributed by atoms with van der Waals surface area (Å²) in [6, 6.07) is 0. The van der Waals surface area contributed by atoms with Crippen LogP contribution in [-0.4, -0.2) is 50.9 Å². The molecule has 0 saturated carbocycles. The van der Waals surface area contributed by atoms with Gasteiger partial charge in [0.1, 0.15) is 6.61 Å². The number of carbonyl (C=O) groups excluding carboxylic acids is 1. The molecule has 9 heteroatoms. The molecule has 0 aliphatic rings. The van der Waals surface area contributed by atoms with E-state index in [0.717, 1.165) is 14.0 Å². The van der Waals surface area contributed by atoms with E-state index in [2.05, 4.69) is 4.74 Å². The Morgan fingerprint density at radius 3 is 2.44 bits per heavy atom. The van der Waals surface area contributed by atoms with E-state index < -0.39 is 40.3 Å². The predicted molar refractivity (Wildman–Crippen MR) is 50.4 cm³/mol. The van der Waals surface area contributed by atoms with E-state index in [9.17, 15) is 22.0 Å². The second-order valence-electron chi connectivity index (χ2n) is 3.05. The molecule has 0 aliphatic carbocycles. The number of esters is 1. The van der Waals surface area contributed by atoms with Gasteiger partial charge < -0.3 is 9.84 Å². The Morgan fingerprint density at radius 1 is 1.56 bits per heavy atom. The molecule has 0 aromatic rings. The van der Waals surface area contributed by atoms with Gasteiger partial charge in [0.2, 0.25) is 10.0 Å². The third-order valence-corrected chi connectivity index (χ3v) is 3.43. The lowest BCUT2D eigenvalue weighted by Crippen LogP contribution is -2.44. The van der Waals surface area contributed by atoms with Crippen molar-refractivity contribution in [3.05, 3.63) is 0 Å². The molecule has 0 bridgehead atoms. The van der Waals surface area contributed by atoms with Crippen LogP contribution < -0.4 is 4.72 Å². The van der Waals surface area contributed by atoms with Crippen molar-refractivity contribution in [3.63, 3.8) is 0 Å². The minimum atomic E-state index is -4.23. The number of hydrogen-bond donors (Lipinski definition) is 2. The van der Waals surface area contributed by atoms with Crippen LogP contribution in [0.1, 0.15) is 6.92 Å². The molecule has 0 aromatic carbocycles. The summed E-state index contributed by atoms with van der Waals surface area (Å²) in [5.74, 6) is -4.62. The summed E-state index contributed by atoms with van der Waals surface area (Å²) in [7, 11) is -3.25. The zero-order valence-corrected chi connectivity index (χ0v) is 9.55. The molecule has 1 atom stereocenters. The highest BCUT2D eigenvalue weighted by Crippen LogP contribution is 2.11. The number of methoxy groups -OCH3 is 1. The average molecular weight is 261 g/mol. The highest BCUT2D eigenvalue weighted by atomic mass is 32.2. The van der Waals surface area contributed by atoms with E-state index in [-0.39, 0.29) is 0 Å². The van der Waals surface area contributed by atoms with Gasteiger partial charge in [-0.2, -0.15) is 0 Å². The minimum absolute atomic E-state index is 0.983. The minimum Gasteiger partial charge on any atom is -0.468 e. The van der Waals surface area contributed by atoms with Crippen LogP contribution in [0.3, 0.4) is 0 Å². The van der Waals surface area contributed by atoms with Gasteiger partial charge in [-0.25, -0.2) is 21.9 Å². The molecule has 6 nitrogen and oxygen atoms in total. The van der Waals surface area contributed by atoms with Crippen LogP contribution in [0.5, 0.6) is 0 Å². The Labute approximate surface area is 91.6 Å². The number of hydrogen-bond acceptors (Lipinski definition) is 5. The lowest BCUT2D eigenvalue weighted by molar-refractivity contribution is -0.139. The summed E-state index contributed by atoms with van der Waals surface area (Å²) in [6.07, 6.45) is 0. The molecule has 0 fully saturated rings. The van der Waals surface area contributed by atoms with Crippen LogP contribution in [0.4, 0.5) is 8.78 Å². The lowest BCUT2D eigenvalue weighted by Gasteiger charge is -2.16. The van der Waals surface area contributed by atoms with Crippen molar-refractivity contribution in [2.24, 2.45) is 0 Å². The second-order valence-corrected chi connectivity index (χ2v) is 5.13. The molecule has 0 saturated heterocycles. The van der Waals surface area contributed by atoms with Crippen molar-refractivity contribution >= 4 is 16.0 Å². The highest BCUT2D eigenvalue weighted by Gasteiger charge is 2.34. The number of halogens is 2. The van der Waals surface area contributed by atoms with Crippen LogP contribution in [0, 0.1) is 0 Å². The molecule has 0 aliphatic heterocycles. The number of aliphatic hydroxyl groups is 1. The summed E-state index contributed by atoms with van der Waals surface area (Å²) in [5, 5.41) is 6.62. The molecule has 96 valence electrons. The summed E-state index contributed by atoms with van der Waals surface area (Å²) < 4.78 is 53.3. The summed E-state index contributed by atoms with van der Waals surface area (Å²) >= 11 is 0. The molecule has 0 radical (unpaired) electrons. The Bertz CT molecular complexity index is 343. The van der Waals surface area contributed by atoms with Crippen molar-refractivity contribution in [1.82, 2.24) is 4.72 Å². The number of alkyl halides is 2. The largest absolute Gasteiger partial charge is 0.468 e. The van der Waals surface area contributed by atoms with Gasteiger partial charge in [-0.3, -0.25) is 4.79 Å². The van der Waals surface area contributed by atoms with Crippen LogP contribution >= 0.6 is 0 Å². The SMILES string of the molecule is COC(=O)C(C)S(=O)(=O)NCC(F)(F)CO. The first-order chi connectivity index (χ1) is 7.16. The summed E-state index contributed by atoms with van der Waals surface area (Å²) in [6.45, 7) is -1.75. The van der Waals surface area contributed by atoms with E-state index in [0.29, 0.717) is 0 Å². The van der Waals surface area contributed by atoms with Gasteiger partial charge in [0.05, 0.1) is 13.7 Å². The van der Waals surface area contributed by atoms with Crippen LogP contribution in [0.2, 0.25) is 0 Å². The van der Waals surface area contributed by atoms with Gasteiger partial charge in [-0.05, 0) is 6.92 Å². The molecule has 16 heavy (non-hydrogen) atoms. The molecule has 0 spiro atoms. The van der Waals surface area contributed by atoms with Crippen molar-refractivity contribution < 1.29 is 31.8 Å². The quantitative estimate of drug-likeness (QED) is 0.604. The van der Waals surface area contributed by atoms with E-state index in [4.69, 9.17) is 5.11 Å². The monoisotopic (exact) mass is 261 g/mol. The number of rotatable bonds is 6. The van der Waals surface area contributed by atoms with Crippen LogP contribution in [0.15, 0.2) is 0 Å². The van der Waals surface area contributed by atoms with Crippen molar-refractivity contribution in [1.29, 1.82) is 0 Å². The molecular formula is C7H13F2NO5S.